The van der Waals surface area contributed by atoms with Crippen LogP contribution in [0.2, 0.25) is 0 Å². The third-order valence-electron chi connectivity index (χ3n) is 0.842. The van der Waals surface area contributed by atoms with E-state index < -0.39 is 0 Å². The highest BCUT2D eigenvalue weighted by atomic mass is 15.1. The average Bonchev–Trinajstić information content (AvgIpc) is 2.14. The average molecular weight is 95.1 g/mol. The molecule has 0 aliphatic carbocycles. The van der Waals surface area contributed by atoms with E-state index in [4.69, 9.17) is 0 Å². The molecule has 0 saturated heterocycles. The van der Waals surface area contributed by atoms with Crippen molar-refractivity contribution in [1.29, 1.82) is 0 Å². The van der Waals surface area contributed by atoms with Gasteiger partial charge in [0.05, 0.1) is 6.54 Å². The summed E-state index contributed by atoms with van der Waals surface area (Å²) in [5.74, 6) is 0.806. The van der Waals surface area contributed by atoms with Crippen molar-refractivity contribution in [3.05, 3.63) is 12.7 Å². The number of nitrogens with one attached hydrogen (secondary N) is 1. The van der Waals surface area contributed by atoms with E-state index in [1.54, 1.807) is 0 Å². The predicted molar refractivity (Wildman–Crippen MR) is 29.2 cm³/mol. The Morgan fingerprint density at radius 3 is 3.00 bits per heavy atom. The third-order valence-corrected chi connectivity index (χ3v) is 0.842. The van der Waals surface area contributed by atoms with Crippen molar-refractivity contribution in [2.24, 2.45) is 4.99 Å². The Bertz CT molecular complexity index is 105. The minimum absolute atomic E-state index is 0.806. The lowest BCUT2D eigenvalue weighted by atomic mass is 10.6. The summed E-state index contributed by atoms with van der Waals surface area (Å²) in [6.07, 6.45) is 2.65. The van der Waals surface area contributed by atoms with Crippen LogP contribution >= 0.6 is 0 Å². The molecule has 2 heteroatoms. The first-order valence-electron chi connectivity index (χ1n) is 2.25. The van der Waals surface area contributed by atoms with Crippen LogP contribution in [-0.4, -0.2) is 18.9 Å². The molecule has 1 radical (unpaired) electrons. The molecule has 0 bridgehead atoms. The molecule has 0 fully saturated rings. The van der Waals surface area contributed by atoms with Gasteiger partial charge in [0.15, 0.2) is 0 Å². The molecule has 1 heterocycles. The molecule has 0 aromatic heterocycles. The Morgan fingerprint density at radius 1 is 1.86 bits per heavy atom. The number of hydrogen-bond acceptors (Lipinski definition) is 2. The fourth-order valence-electron chi connectivity index (χ4n) is 0.516. The number of amidine groups is 1. The van der Waals surface area contributed by atoms with Gasteiger partial charge in [0.2, 0.25) is 0 Å². The van der Waals surface area contributed by atoms with Gasteiger partial charge in [0.25, 0.3) is 0 Å². The van der Waals surface area contributed by atoms with Crippen molar-refractivity contribution in [2.45, 2.75) is 0 Å². The van der Waals surface area contributed by atoms with E-state index in [-0.39, 0.29) is 0 Å². The smallest absolute Gasteiger partial charge is 0.128 e. The summed E-state index contributed by atoms with van der Waals surface area (Å²) in [6, 6.07) is 0. The molecular formula is C5H7N2. The molecule has 0 aromatic rings. The summed E-state index contributed by atoms with van der Waals surface area (Å²) in [6.45, 7) is 5.24. The third kappa shape index (κ3) is 0.796. The van der Waals surface area contributed by atoms with Crippen LogP contribution in [-0.2, 0) is 0 Å². The first-order valence-corrected chi connectivity index (χ1v) is 2.25. The Labute approximate surface area is 42.9 Å². The summed E-state index contributed by atoms with van der Waals surface area (Å²) in [5.41, 5.74) is 0. The van der Waals surface area contributed by atoms with Crippen LogP contribution in [0.1, 0.15) is 0 Å². The molecule has 1 rings (SSSR count). The van der Waals surface area contributed by atoms with E-state index >= 15 is 0 Å². The fraction of sp³-hybridized carbons (Fsp3) is 0.400. The van der Waals surface area contributed by atoms with Gasteiger partial charge in [0, 0.05) is 12.6 Å². The molecule has 2 nitrogen and oxygen atoms in total. The molecule has 1 aliphatic rings. The second kappa shape index (κ2) is 1.78. The van der Waals surface area contributed by atoms with E-state index in [2.05, 4.69) is 23.0 Å². The van der Waals surface area contributed by atoms with Crippen molar-refractivity contribution in [3.63, 3.8) is 0 Å². The predicted octanol–water partition coefficient (Wildman–Crippen LogP) is -0.0227. The molecule has 0 amide bonds. The summed E-state index contributed by atoms with van der Waals surface area (Å²) in [5, 5.41) is 2.98. The summed E-state index contributed by atoms with van der Waals surface area (Å²) < 4.78 is 0. The lowest BCUT2D eigenvalue weighted by molar-refractivity contribution is 0.960. The van der Waals surface area contributed by atoms with Crippen LogP contribution in [0.4, 0.5) is 0 Å². The molecule has 0 saturated carbocycles. The Hall–Kier alpha value is -0.790. The minimum Gasteiger partial charge on any atom is -0.368 e. The normalized spacial score (nSPS) is 18.0. The van der Waals surface area contributed by atoms with E-state index in [9.17, 15) is 0 Å². The van der Waals surface area contributed by atoms with Gasteiger partial charge < -0.3 is 5.32 Å². The number of rotatable bonds is 1. The molecule has 0 spiro atoms. The van der Waals surface area contributed by atoms with Crippen LogP contribution in [0, 0.1) is 6.08 Å². The SMILES string of the molecule is C=[C]C1=NCCN1. The van der Waals surface area contributed by atoms with Gasteiger partial charge in [-0.1, -0.05) is 6.58 Å². The highest BCUT2D eigenvalue weighted by molar-refractivity contribution is 5.89. The van der Waals surface area contributed by atoms with Crippen LogP contribution in [0.15, 0.2) is 11.6 Å². The second-order valence-corrected chi connectivity index (χ2v) is 1.33. The Morgan fingerprint density at radius 2 is 2.71 bits per heavy atom. The van der Waals surface area contributed by atoms with E-state index in [1.165, 1.54) is 0 Å². The molecular weight excluding hydrogens is 88.1 g/mol. The van der Waals surface area contributed by atoms with Gasteiger partial charge in [0.1, 0.15) is 5.84 Å². The number of aliphatic imine (C=N–C) groups is 1. The van der Waals surface area contributed by atoms with Crippen LogP contribution in [0.5, 0.6) is 0 Å². The Kier molecular flexibility index (Phi) is 1.11. The molecule has 0 unspecified atom stereocenters. The zero-order chi connectivity index (χ0) is 5.11. The molecule has 1 aliphatic heterocycles. The fourth-order valence-corrected chi connectivity index (χ4v) is 0.516. The highest BCUT2D eigenvalue weighted by Crippen LogP contribution is 1.82. The van der Waals surface area contributed by atoms with Gasteiger partial charge in [-0.25, -0.2) is 0 Å². The van der Waals surface area contributed by atoms with Gasteiger partial charge >= 0.3 is 0 Å². The molecule has 0 aromatic carbocycles. The standard InChI is InChI=1S/C5H7N2/c1-2-5-6-3-4-7-5/h1,3-4H2,(H,6,7). The van der Waals surface area contributed by atoms with Gasteiger partial charge in [-0.2, -0.15) is 0 Å². The quantitative estimate of drug-likeness (QED) is 0.486. The van der Waals surface area contributed by atoms with Gasteiger partial charge in [-0.3, -0.25) is 4.99 Å². The topological polar surface area (TPSA) is 24.4 Å². The first kappa shape index (κ1) is 4.37. The maximum absolute atomic E-state index is 3.99. The van der Waals surface area contributed by atoms with Crippen molar-refractivity contribution in [2.75, 3.05) is 13.1 Å². The lowest BCUT2D eigenvalue weighted by Gasteiger charge is -1.86. The maximum Gasteiger partial charge on any atom is 0.128 e. The van der Waals surface area contributed by atoms with Crippen LogP contribution < -0.4 is 5.32 Å². The minimum atomic E-state index is 0.806. The van der Waals surface area contributed by atoms with Gasteiger partial charge in [-0.05, 0) is 0 Å². The largest absolute Gasteiger partial charge is 0.368 e. The molecule has 7 heavy (non-hydrogen) atoms. The van der Waals surface area contributed by atoms with Crippen LogP contribution in [0.3, 0.4) is 0 Å². The summed E-state index contributed by atoms with van der Waals surface area (Å²) >= 11 is 0. The van der Waals surface area contributed by atoms with E-state index in [0.29, 0.717) is 0 Å². The number of nitrogens with zero attached hydrogens (tertiary/aromatic N) is 1. The van der Waals surface area contributed by atoms with Crippen molar-refractivity contribution in [1.82, 2.24) is 5.32 Å². The zero-order valence-corrected chi connectivity index (χ0v) is 4.07. The first-order chi connectivity index (χ1) is 3.43. The van der Waals surface area contributed by atoms with E-state index in [0.717, 1.165) is 18.9 Å². The number of hydrogen-bond donors (Lipinski definition) is 1. The zero-order valence-electron chi connectivity index (χ0n) is 4.07. The monoisotopic (exact) mass is 95.1 g/mol. The lowest BCUT2D eigenvalue weighted by Crippen LogP contribution is -2.15. The van der Waals surface area contributed by atoms with Crippen LogP contribution in [0.25, 0.3) is 0 Å². The summed E-state index contributed by atoms with van der Waals surface area (Å²) in [4.78, 5) is 3.99. The maximum atomic E-state index is 3.99. The molecule has 1 N–H and O–H groups in total. The van der Waals surface area contributed by atoms with Crippen molar-refractivity contribution in [3.8, 4) is 0 Å². The molecule has 37 valence electrons. The molecule has 0 atom stereocenters. The highest BCUT2D eigenvalue weighted by Gasteiger charge is 1.96. The Balaban J connectivity index is 2.51. The van der Waals surface area contributed by atoms with Gasteiger partial charge in [-0.15, -0.1) is 0 Å². The van der Waals surface area contributed by atoms with E-state index in [1.807, 2.05) is 0 Å². The second-order valence-electron chi connectivity index (χ2n) is 1.33. The van der Waals surface area contributed by atoms with Crippen molar-refractivity contribution < 1.29 is 0 Å². The summed E-state index contributed by atoms with van der Waals surface area (Å²) in [7, 11) is 0. The van der Waals surface area contributed by atoms with Crippen molar-refractivity contribution >= 4 is 5.84 Å².